The molecule has 0 radical (unpaired) electrons. The van der Waals surface area contributed by atoms with Crippen LogP contribution >= 0.6 is 0 Å². The number of esters is 1. The third kappa shape index (κ3) is 4.80. The summed E-state index contributed by atoms with van der Waals surface area (Å²) in [6, 6.07) is 2.32. The molecule has 136 valence electrons. The molecule has 7 nitrogen and oxygen atoms in total. The van der Waals surface area contributed by atoms with Crippen LogP contribution in [0.3, 0.4) is 0 Å². The van der Waals surface area contributed by atoms with Gasteiger partial charge in [-0.25, -0.2) is 4.79 Å². The van der Waals surface area contributed by atoms with E-state index >= 15 is 0 Å². The maximum Gasteiger partial charge on any atom is 0.342 e. The second kappa shape index (κ2) is 8.13. The van der Waals surface area contributed by atoms with Gasteiger partial charge in [-0.05, 0) is 37.8 Å². The van der Waals surface area contributed by atoms with Crippen molar-refractivity contribution in [3.8, 4) is 11.5 Å². The maximum atomic E-state index is 12.3. The number of aromatic hydroxyl groups is 2. The fraction of sp³-hybridized carbons (Fsp3) is 0.444. The van der Waals surface area contributed by atoms with Gasteiger partial charge < -0.3 is 25.2 Å². The number of cyclic esters (lactones) is 1. The fourth-order valence-electron chi connectivity index (χ4n) is 2.68. The highest BCUT2D eigenvalue weighted by molar-refractivity contribution is 5.97. The summed E-state index contributed by atoms with van der Waals surface area (Å²) in [6.07, 6.45) is 0.413. The molecule has 0 spiro atoms. The zero-order valence-electron chi connectivity index (χ0n) is 13.9. The summed E-state index contributed by atoms with van der Waals surface area (Å²) in [4.78, 5) is 24.2. The molecule has 0 saturated heterocycles. The molecule has 0 aliphatic carbocycles. The van der Waals surface area contributed by atoms with E-state index in [0.717, 1.165) is 6.07 Å². The molecular weight excluding hydrogens is 328 g/mol. The first-order chi connectivity index (χ1) is 11.8. The first kappa shape index (κ1) is 19.0. The Hall–Kier alpha value is -2.38. The van der Waals surface area contributed by atoms with Gasteiger partial charge in [-0.1, -0.05) is 12.2 Å². The van der Waals surface area contributed by atoms with Crippen LogP contribution in [0.1, 0.15) is 48.5 Å². The molecule has 3 atom stereocenters. The Balaban J connectivity index is 2.39. The average molecular weight is 350 g/mol. The number of Topliss-reactive ketones (excluding diaryl/α,β-unsaturated/α-hetero) is 1. The molecule has 1 aromatic carbocycles. The summed E-state index contributed by atoms with van der Waals surface area (Å²) < 4.78 is 5.29. The molecule has 1 aromatic rings. The van der Waals surface area contributed by atoms with E-state index in [0.29, 0.717) is 12.8 Å². The minimum atomic E-state index is -1.48. The molecule has 7 heteroatoms. The van der Waals surface area contributed by atoms with Crippen molar-refractivity contribution in [1.29, 1.82) is 0 Å². The predicted octanol–water partition coefficient (Wildman–Crippen LogP) is 1.52. The van der Waals surface area contributed by atoms with E-state index in [1.54, 1.807) is 6.92 Å². The highest BCUT2D eigenvalue weighted by Crippen LogP contribution is 2.30. The van der Waals surface area contributed by atoms with Gasteiger partial charge in [0, 0.05) is 12.5 Å². The number of fused-ring (bicyclic) bond motifs is 1. The number of benzene rings is 1. The SMILES string of the molecule is C[C@H]1CCCC(=O)[C@@H](O)[C@@H](O)C/C=C/c2cc(O)cc(O)c2C(=O)O1. The number of rotatable bonds is 0. The molecule has 1 aliphatic heterocycles. The lowest BCUT2D eigenvalue weighted by molar-refractivity contribution is -0.132. The molecule has 1 heterocycles. The summed E-state index contributed by atoms with van der Waals surface area (Å²) in [7, 11) is 0. The van der Waals surface area contributed by atoms with Gasteiger partial charge in [0.1, 0.15) is 23.2 Å². The third-order valence-corrected chi connectivity index (χ3v) is 4.05. The molecular formula is C18H22O7. The van der Waals surface area contributed by atoms with Crippen molar-refractivity contribution in [1.82, 2.24) is 0 Å². The number of aliphatic hydroxyl groups excluding tert-OH is 2. The van der Waals surface area contributed by atoms with Gasteiger partial charge in [0.15, 0.2) is 5.78 Å². The number of carbonyl (C=O) groups is 2. The molecule has 25 heavy (non-hydrogen) atoms. The normalized spacial score (nSPS) is 27.1. The summed E-state index contributed by atoms with van der Waals surface area (Å²) >= 11 is 0. The second-order valence-electron chi connectivity index (χ2n) is 6.15. The lowest BCUT2D eigenvalue weighted by Gasteiger charge is -2.18. The van der Waals surface area contributed by atoms with Crippen molar-refractivity contribution in [2.75, 3.05) is 0 Å². The lowest BCUT2D eigenvalue weighted by atomic mass is 9.99. The molecule has 0 amide bonds. The van der Waals surface area contributed by atoms with E-state index in [9.17, 15) is 30.0 Å². The van der Waals surface area contributed by atoms with E-state index in [4.69, 9.17) is 4.74 Å². The van der Waals surface area contributed by atoms with E-state index in [1.165, 1.54) is 18.2 Å². The molecule has 0 unspecified atom stereocenters. The van der Waals surface area contributed by atoms with Crippen LogP contribution in [0.2, 0.25) is 0 Å². The van der Waals surface area contributed by atoms with Gasteiger partial charge in [-0.2, -0.15) is 0 Å². The second-order valence-corrected chi connectivity index (χ2v) is 6.15. The van der Waals surface area contributed by atoms with E-state index in [-0.39, 0.29) is 29.7 Å². The van der Waals surface area contributed by atoms with Gasteiger partial charge in [-0.3, -0.25) is 4.79 Å². The standard InChI is InChI=1S/C18H22O7/c1-10-4-2-6-13(20)17(23)14(21)7-3-5-11-8-12(19)9-15(22)16(11)18(24)25-10/h3,5,8-10,14,17,19,21-23H,2,4,6-7H2,1H3/b5-3+/t10-,14-,17+/m0/s1. The van der Waals surface area contributed by atoms with E-state index in [1.807, 2.05) is 0 Å². The molecule has 2 rings (SSSR count). The van der Waals surface area contributed by atoms with Crippen LogP contribution in [0.4, 0.5) is 0 Å². The highest BCUT2D eigenvalue weighted by atomic mass is 16.5. The minimum absolute atomic E-state index is 0.0335. The molecule has 0 bridgehead atoms. The Morgan fingerprint density at radius 3 is 2.60 bits per heavy atom. The van der Waals surface area contributed by atoms with Crippen LogP contribution in [0.15, 0.2) is 18.2 Å². The van der Waals surface area contributed by atoms with Crippen LogP contribution in [0.5, 0.6) is 11.5 Å². The Labute approximate surface area is 145 Å². The Kier molecular flexibility index (Phi) is 6.17. The van der Waals surface area contributed by atoms with Gasteiger partial charge in [0.25, 0.3) is 0 Å². The number of hydrogen-bond donors (Lipinski definition) is 4. The van der Waals surface area contributed by atoms with Gasteiger partial charge in [-0.15, -0.1) is 0 Å². The Morgan fingerprint density at radius 2 is 1.88 bits per heavy atom. The molecule has 0 saturated carbocycles. The number of phenols is 2. The number of hydrogen-bond acceptors (Lipinski definition) is 7. The lowest BCUT2D eigenvalue weighted by Crippen LogP contribution is -2.33. The van der Waals surface area contributed by atoms with E-state index in [2.05, 4.69) is 0 Å². The van der Waals surface area contributed by atoms with Crippen LogP contribution in [-0.2, 0) is 9.53 Å². The summed E-state index contributed by atoms with van der Waals surface area (Å²) in [5.74, 6) is -1.86. The summed E-state index contributed by atoms with van der Waals surface area (Å²) in [5, 5.41) is 39.4. The monoisotopic (exact) mass is 350 g/mol. The van der Waals surface area contributed by atoms with Gasteiger partial charge >= 0.3 is 5.97 Å². The predicted molar refractivity (Wildman–Crippen MR) is 89.2 cm³/mol. The average Bonchev–Trinajstić information content (AvgIpc) is 2.52. The Morgan fingerprint density at radius 1 is 1.16 bits per heavy atom. The molecule has 0 aromatic heterocycles. The minimum Gasteiger partial charge on any atom is -0.508 e. The van der Waals surface area contributed by atoms with Gasteiger partial charge in [0.05, 0.1) is 12.2 Å². The third-order valence-electron chi connectivity index (χ3n) is 4.05. The summed E-state index contributed by atoms with van der Waals surface area (Å²) in [6.45, 7) is 1.66. The molecule has 0 fully saturated rings. The first-order valence-corrected chi connectivity index (χ1v) is 8.12. The number of ketones is 1. The summed E-state index contributed by atoms with van der Waals surface area (Å²) in [5.41, 5.74) is 0.115. The zero-order chi connectivity index (χ0) is 18.6. The van der Waals surface area contributed by atoms with Crippen molar-refractivity contribution in [2.45, 2.75) is 50.9 Å². The van der Waals surface area contributed by atoms with Crippen LogP contribution in [0, 0.1) is 0 Å². The van der Waals surface area contributed by atoms with Crippen LogP contribution in [0.25, 0.3) is 6.08 Å². The van der Waals surface area contributed by atoms with Crippen molar-refractivity contribution in [3.05, 3.63) is 29.3 Å². The molecule has 1 aliphatic rings. The van der Waals surface area contributed by atoms with Crippen LogP contribution < -0.4 is 0 Å². The quantitative estimate of drug-likeness (QED) is 0.523. The number of ether oxygens (including phenoxy) is 1. The van der Waals surface area contributed by atoms with Crippen molar-refractivity contribution >= 4 is 17.8 Å². The largest absolute Gasteiger partial charge is 0.508 e. The molecule has 4 N–H and O–H groups in total. The van der Waals surface area contributed by atoms with E-state index < -0.39 is 35.8 Å². The first-order valence-electron chi connectivity index (χ1n) is 8.12. The number of phenolic OH excluding ortho intramolecular Hbond substituents is 2. The highest BCUT2D eigenvalue weighted by Gasteiger charge is 2.25. The van der Waals surface area contributed by atoms with Crippen molar-refractivity contribution in [3.63, 3.8) is 0 Å². The number of carbonyl (C=O) groups excluding carboxylic acids is 2. The topological polar surface area (TPSA) is 124 Å². The fourth-order valence-corrected chi connectivity index (χ4v) is 2.68. The van der Waals surface area contributed by atoms with Gasteiger partial charge in [0.2, 0.25) is 0 Å². The zero-order valence-corrected chi connectivity index (χ0v) is 13.9. The Bertz CT molecular complexity index is 680. The van der Waals surface area contributed by atoms with Crippen LogP contribution in [-0.4, -0.2) is 50.5 Å². The smallest absolute Gasteiger partial charge is 0.342 e. The van der Waals surface area contributed by atoms with Crippen molar-refractivity contribution in [2.24, 2.45) is 0 Å². The van der Waals surface area contributed by atoms with Crippen molar-refractivity contribution < 1.29 is 34.8 Å². The maximum absolute atomic E-state index is 12.3. The number of aliphatic hydroxyl groups is 2.